The van der Waals surface area contributed by atoms with Crippen LogP contribution in [0.1, 0.15) is 11.1 Å². The van der Waals surface area contributed by atoms with Crippen molar-refractivity contribution in [2.45, 2.75) is 6.18 Å². The molecule has 0 spiro atoms. The van der Waals surface area contributed by atoms with Crippen LogP contribution in [0.15, 0.2) is 58.6 Å². The van der Waals surface area contributed by atoms with E-state index in [4.69, 9.17) is 5.26 Å². The molecule has 24 heavy (non-hydrogen) atoms. The molecule has 0 aromatic heterocycles. The molecular formula is C17H10BrF3N2O. The smallest absolute Gasteiger partial charge is 0.321 e. The van der Waals surface area contributed by atoms with E-state index < -0.39 is 17.6 Å². The van der Waals surface area contributed by atoms with Gasteiger partial charge in [-0.05, 0) is 42.0 Å². The van der Waals surface area contributed by atoms with Gasteiger partial charge in [-0.2, -0.15) is 18.4 Å². The van der Waals surface area contributed by atoms with Crippen molar-refractivity contribution in [1.82, 2.24) is 0 Å². The molecule has 0 aliphatic rings. The van der Waals surface area contributed by atoms with Crippen LogP contribution in [0.4, 0.5) is 18.9 Å². The quantitative estimate of drug-likeness (QED) is 0.587. The molecule has 1 N–H and O–H groups in total. The van der Waals surface area contributed by atoms with Crippen molar-refractivity contribution in [3.8, 4) is 6.07 Å². The second-order valence-electron chi connectivity index (χ2n) is 4.76. The van der Waals surface area contributed by atoms with Crippen LogP contribution in [0.3, 0.4) is 0 Å². The molecule has 0 aliphatic heterocycles. The Morgan fingerprint density at radius 3 is 2.50 bits per heavy atom. The molecule has 122 valence electrons. The SMILES string of the molecule is N#CC(=Cc1cccc(Br)c1)C(=O)Nc1cccc(C(F)(F)F)c1. The second-order valence-corrected chi connectivity index (χ2v) is 5.67. The van der Waals surface area contributed by atoms with E-state index in [0.717, 1.165) is 16.6 Å². The summed E-state index contributed by atoms with van der Waals surface area (Å²) in [5, 5.41) is 11.4. The Labute approximate surface area is 144 Å². The van der Waals surface area contributed by atoms with Crippen molar-refractivity contribution in [3.05, 3.63) is 69.7 Å². The Morgan fingerprint density at radius 1 is 1.17 bits per heavy atom. The minimum atomic E-state index is -4.51. The molecule has 0 heterocycles. The highest BCUT2D eigenvalue weighted by atomic mass is 79.9. The number of carbonyl (C=O) groups excluding carboxylic acids is 1. The van der Waals surface area contributed by atoms with Crippen molar-refractivity contribution >= 4 is 33.6 Å². The van der Waals surface area contributed by atoms with Gasteiger partial charge in [0.1, 0.15) is 11.6 Å². The molecule has 0 aliphatic carbocycles. The molecule has 7 heteroatoms. The van der Waals surface area contributed by atoms with Gasteiger partial charge in [-0.25, -0.2) is 0 Å². The number of nitrogens with zero attached hydrogens (tertiary/aromatic N) is 1. The first-order valence-corrected chi connectivity index (χ1v) is 7.45. The molecule has 2 aromatic rings. The lowest BCUT2D eigenvalue weighted by molar-refractivity contribution is -0.137. The van der Waals surface area contributed by atoms with Crippen LogP contribution in [-0.4, -0.2) is 5.91 Å². The molecule has 1 amide bonds. The van der Waals surface area contributed by atoms with E-state index in [-0.39, 0.29) is 11.3 Å². The standard InChI is InChI=1S/C17H10BrF3N2O/c18-14-5-1-3-11(8-14)7-12(10-22)16(24)23-15-6-2-4-13(9-15)17(19,20)21/h1-9H,(H,23,24). The first-order valence-electron chi connectivity index (χ1n) is 6.65. The summed E-state index contributed by atoms with van der Waals surface area (Å²) >= 11 is 3.27. The van der Waals surface area contributed by atoms with E-state index in [2.05, 4.69) is 21.2 Å². The van der Waals surface area contributed by atoms with Crippen LogP contribution < -0.4 is 5.32 Å². The fourth-order valence-electron chi connectivity index (χ4n) is 1.88. The number of alkyl halides is 3. The van der Waals surface area contributed by atoms with E-state index >= 15 is 0 Å². The van der Waals surface area contributed by atoms with Gasteiger partial charge in [-0.1, -0.05) is 34.1 Å². The van der Waals surface area contributed by atoms with Crippen molar-refractivity contribution in [2.75, 3.05) is 5.32 Å². The van der Waals surface area contributed by atoms with Gasteiger partial charge in [0, 0.05) is 10.2 Å². The van der Waals surface area contributed by atoms with Crippen LogP contribution in [0, 0.1) is 11.3 Å². The zero-order chi connectivity index (χ0) is 17.7. The van der Waals surface area contributed by atoms with Crippen molar-refractivity contribution in [2.24, 2.45) is 0 Å². The Bertz CT molecular complexity index is 838. The molecule has 3 nitrogen and oxygen atoms in total. The van der Waals surface area contributed by atoms with Crippen LogP contribution in [0.25, 0.3) is 6.08 Å². The zero-order valence-corrected chi connectivity index (χ0v) is 13.6. The minimum absolute atomic E-state index is 0.0368. The van der Waals surface area contributed by atoms with Crippen LogP contribution in [-0.2, 0) is 11.0 Å². The van der Waals surface area contributed by atoms with Gasteiger partial charge in [0.2, 0.25) is 0 Å². The highest BCUT2D eigenvalue weighted by molar-refractivity contribution is 9.10. The summed E-state index contributed by atoms with van der Waals surface area (Å²) in [6.07, 6.45) is -3.15. The normalized spacial score (nSPS) is 11.7. The summed E-state index contributed by atoms with van der Waals surface area (Å²) in [5.74, 6) is -0.781. The first-order chi connectivity index (χ1) is 11.3. The Kier molecular flexibility index (Phi) is 5.42. The molecule has 0 atom stereocenters. The van der Waals surface area contributed by atoms with Gasteiger partial charge >= 0.3 is 6.18 Å². The molecule has 0 radical (unpaired) electrons. The van der Waals surface area contributed by atoms with Gasteiger partial charge in [-0.3, -0.25) is 4.79 Å². The fourth-order valence-corrected chi connectivity index (χ4v) is 2.30. The average molecular weight is 395 g/mol. The van der Waals surface area contributed by atoms with Crippen molar-refractivity contribution in [1.29, 1.82) is 5.26 Å². The molecule has 0 bridgehead atoms. The lowest BCUT2D eigenvalue weighted by Crippen LogP contribution is -2.14. The second kappa shape index (κ2) is 7.32. The number of nitriles is 1. The lowest BCUT2D eigenvalue weighted by atomic mass is 10.1. The minimum Gasteiger partial charge on any atom is -0.321 e. The maximum absolute atomic E-state index is 12.7. The fraction of sp³-hybridized carbons (Fsp3) is 0.0588. The van der Waals surface area contributed by atoms with Crippen LogP contribution in [0.2, 0.25) is 0 Å². The summed E-state index contributed by atoms with van der Waals surface area (Å²) < 4.78 is 38.8. The summed E-state index contributed by atoms with van der Waals surface area (Å²) in [4.78, 5) is 12.1. The van der Waals surface area contributed by atoms with Crippen molar-refractivity contribution in [3.63, 3.8) is 0 Å². The van der Waals surface area contributed by atoms with E-state index in [0.29, 0.717) is 5.56 Å². The third kappa shape index (κ3) is 4.70. The van der Waals surface area contributed by atoms with Gasteiger partial charge in [-0.15, -0.1) is 0 Å². The molecule has 2 aromatic carbocycles. The molecular weight excluding hydrogens is 385 g/mol. The number of rotatable bonds is 3. The number of amides is 1. The highest BCUT2D eigenvalue weighted by Gasteiger charge is 2.30. The largest absolute Gasteiger partial charge is 0.416 e. The highest BCUT2D eigenvalue weighted by Crippen LogP contribution is 2.30. The van der Waals surface area contributed by atoms with Crippen LogP contribution >= 0.6 is 15.9 Å². The van der Waals surface area contributed by atoms with E-state index in [1.165, 1.54) is 18.2 Å². The Balaban J connectivity index is 2.23. The van der Waals surface area contributed by atoms with Gasteiger partial charge < -0.3 is 5.32 Å². The Hall–Kier alpha value is -2.59. The number of anilines is 1. The summed E-state index contributed by atoms with van der Waals surface area (Å²) in [6.45, 7) is 0. The maximum Gasteiger partial charge on any atom is 0.416 e. The molecule has 0 saturated carbocycles. The summed E-state index contributed by atoms with van der Waals surface area (Å²) in [7, 11) is 0. The third-order valence-electron chi connectivity index (χ3n) is 2.97. The molecule has 0 saturated heterocycles. The van der Waals surface area contributed by atoms with Gasteiger partial charge in [0.05, 0.1) is 5.56 Å². The monoisotopic (exact) mass is 394 g/mol. The number of benzene rings is 2. The molecule has 2 rings (SSSR count). The summed E-state index contributed by atoms with van der Waals surface area (Å²) in [6, 6.07) is 12.9. The van der Waals surface area contributed by atoms with Crippen LogP contribution in [0.5, 0.6) is 0 Å². The van der Waals surface area contributed by atoms with Gasteiger partial charge in [0.15, 0.2) is 0 Å². The van der Waals surface area contributed by atoms with E-state index in [1.807, 2.05) is 0 Å². The maximum atomic E-state index is 12.7. The van der Waals surface area contributed by atoms with E-state index in [9.17, 15) is 18.0 Å². The summed E-state index contributed by atoms with van der Waals surface area (Å²) in [5.41, 5.74) is -0.523. The average Bonchev–Trinajstić information content (AvgIpc) is 2.52. The molecule has 0 unspecified atom stereocenters. The zero-order valence-electron chi connectivity index (χ0n) is 12.1. The third-order valence-corrected chi connectivity index (χ3v) is 3.47. The van der Waals surface area contributed by atoms with Gasteiger partial charge in [0.25, 0.3) is 5.91 Å². The first kappa shape index (κ1) is 17.8. The Morgan fingerprint density at radius 2 is 1.88 bits per heavy atom. The number of hydrogen-bond acceptors (Lipinski definition) is 2. The topological polar surface area (TPSA) is 52.9 Å². The molecule has 0 fully saturated rings. The number of halogens is 4. The number of hydrogen-bond donors (Lipinski definition) is 1. The lowest BCUT2D eigenvalue weighted by Gasteiger charge is -2.09. The predicted octanol–water partition coefficient (Wildman–Crippen LogP) is 5.01. The van der Waals surface area contributed by atoms with Crippen molar-refractivity contribution < 1.29 is 18.0 Å². The predicted molar refractivity (Wildman–Crippen MR) is 87.8 cm³/mol. The van der Waals surface area contributed by atoms with E-state index in [1.54, 1.807) is 30.3 Å². The number of carbonyl (C=O) groups is 1. The number of nitrogens with one attached hydrogen (secondary N) is 1.